The number of rotatable bonds is 8. The Hall–Kier alpha value is -0.903. The van der Waals surface area contributed by atoms with Gasteiger partial charge in [0.2, 0.25) is 0 Å². The predicted molar refractivity (Wildman–Crippen MR) is 103 cm³/mol. The normalized spacial score (nSPS) is 11.8. The molecule has 0 amide bonds. The second kappa shape index (κ2) is 8.66. The number of benzene rings is 2. The van der Waals surface area contributed by atoms with Crippen molar-refractivity contribution in [2.75, 3.05) is 18.5 Å². The first-order valence-electron chi connectivity index (χ1n) is 7.89. The van der Waals surface area contributed by atoms with Crippen LogP contribution in [0, 0.1) is 0 Å². The average Bonchev–Trinajstić information content (AvgIpc) is 2.54. The molecule has 0 aliphatic rings. The van der Waals surface area contributed by atoms with Crippen LogP contribution in [0.15, 0.2) is 60.7 Å². The molecule has 2 rings (SSSR count). The number of alkyl halides is 1. The van der Waals surface area contributed by atoms with E-state index in [1.807, 2.05) is 0 Å². The Balaban J connectivity index is 2.24. The predicted octanol–water partition coefficient (Wildman–Crippen LogP) is 3.61. The highest BCUT2D eigenvalue weighted by atomic mass is 79.9. The molecule has 0 aliphatic heterocycles. The van der Waals surface area contributed by atoms with E-state index in [0.717, 1.165) is 25.0 Å². The lowest BCUT2D eigenvalue weighted by Crippen LogP contribution is -2.51. The molecule has 2 aromatic rings. The summed E-state index contributed by atoms with van der Waals surface area (Å²) in [6.07, 6.45) is 1.07. The summed E-state index contributed by atoms with van der Waals surface area (Å²) in [5.74, 6) is 0. The molecule has 3 heteroatoms. The van der Waals surface area contributed by atoms with Gasteiger partial charge in [0.1, 0.15) is 8.80 Å². The Morgan fingerprint density at radius 2 is 1.41 bits per heavy atom. The molecule has 0 bridgehead atoms. The van der Waals surface area contributed by atoms with E-state index in [2.05, 4.69) is 90.4 Å². The van der Waals surface area contributed by atoms with Crippen LogP contribution in [0.4, 0.5) is 0 Å². The molecule has 0 saturated carbocycles. The van der Waals surface area contributed by atoms with E-state index in [9.17, 15) is 0 Å². The zero-order valence-corrected chi connectivity index (χ0v) is 16.2. The zero-order chi connectivity index (χ0) is 15.8. The summed E-state index contributed by atoms with van der Waals surface area (Å²) in [7, 11) is -1.35. The minimum Gasteiger partial charge on any atom is -0.381 e. The van der Waals surface area contributed by atoms with Gasteiger partial charge in [-0.25, -0.2) is 0 Å². The van der Waals surface area contributed by atoms with E-state index in [1.54, 1.807) is 0 Å². The van der Waals surface area contributed by atoms with Gasteiger partial charge in [-0.05, 0) is 11.5 Å². The topological polar surface area (TPSA) is 9.23 Å². The van der Waals surface area contributed by atoms with E-state index in [0.29, 0.717) is 0 Å². The zero-order valence-electron chi connectivity index (χ0n) is 13.5. The van der Waals surface area contributed by atoms with Crippen molar-refractivity contribution in [3.05, 3.63) is 60.7 Å². The first-order valence-corrected chi connectivity index (χ1v) is 10.7. The largest absolute Gasteiger partial charge is 0.381 e. The highest BCUT2D eigenvalue weighted by molar-refractivity contribution is 9.09. The molecule has 0 aliphatic carbocycles. The van der Waals surface area contributed by atoms with E-state index in [4.69, 9.17) is 4.74 Å². The SMILES string of the molecule is CC(C)(COCCCBr)[SiH](c1ccccc1)c1ccccc1. The minimum atomic E-state index is -1.35. The van der Waals surface area contributed by atoms with Crippen LogP contribution in [0.2, 0.25) is 5.04 Å². The lowest BCUT2D eigenvalue weighted by atomic mass is 10.2. The average molecular weight is 377 g/mol. The van der Waals surface area contributed by atoms with Crippen molar-refractivity contribution < 1.29 is 4.74 Å². The summed E-state index contributed by atoms with van der Waals surface area (Å²) in [5, 5.41) is 4.16. The monoisotopic (exact) mass is 376 g/mol. The molecule has 1 nitrogen and oxygen atoms in total. The van der Waals surface area contributed by atoms with Crippen LogP contribution < -0.4 is 10.4 Å². The Morgan fingerprint density at radius 1 is 0.909 bits per heavy atom. The van der Waals surface area contributed by atoms with Gasteiger partial charge in [0.25, 0.3) is 0 Å². The molecule has 118 valence electrons. The molecule has 0 unspecified atom stereocenters. The summed E-state index contributed by atoms with van der Waals surface area (Å²) in [5.41, 5.74) is 0. The number of hydrogen-bond acceptors (Lipinski definition) is 1. The van der Waals surface area contributed by atoms with Crippen LogP contribution in [-0.4, -0.2) is 27.3 Å². The van der Waals surface area contributed by atoms with Gasteiger partial charge in [-0.1, -0.05) is 101 Å². The fourth-order valence-electron chi connectivity index (χ4n) is 2.96. The highest BCUT2D eigenvalue weighted by Gasteiger charge is 2.34. The lowest BCUT2D eigenvalue weighted by Gasteiger charge is -2.34. The van der Waals surface area contributed by atoms with Gasteiger partial charge < -0.3 is 4.74 Å². The Labute approximate surface area is 144 Å². The molecule has 0 N–H and O–H groups in total. The molecular formula is C19H25BrOSi. The molecule has 0 spiro atoms. The van der Waals surface area contributed by atoms with Gasteiger partial charge in [-0.3, -0.25) is 0 Å². The van der Waals surface area contributed by atoms with Crippen molar-refractivity contribution in [3.63, 3.8) is 0 Å². The van der Waals surface area contributed by atoms with Crippen molar-refractivity contribution in [1.29, 1.82) is 0 Å². The summed E-state index contributed by atoms with van der Waals surface area (Å²) in [6.45, 7) is 6.37. The van der Waals surface area contributed by atoms with Crippen molar-refractivity contribution >= 4 is 35.1 Å². The quantitative estimate of drug-likeness (QED) is 0.388. The third-order valence-corrected chi connectivity index (χ3v) is 8.34. The maximum Gasteiger partial charge on any atom is 0.110 e. The molecule has 0 saturated heterocycles. The second-order valence-corrected chi connectivity index (χ2v) is 10.9. The van der Waals surface area contributed by atoms with Crippen LogP contribution >= 0.6 is 15.9 Å². The number of halogens is 1. The van der Waals surface area contributed by atoms with Gasteiger partial charge in [0, 0.05) is 18.5 Å². The summed E-state index contributed by atoms with van der Waals surface area (Å²) in [4.78, 5) is 0. The fraction of sp³-hybridized carbons (Fsp3) is 0.368. The second-order valence-electron chi connectivity index (χ2n) is 6.34. The van der Waals surface area contributed by atoms with Crippen LogP contribution in [-0.2, 0) is 4.74 Å². The molecule has 22 heavy (non-hydrogen) atoms. The molecule has 0 aromatic heterocycles. The van der Waals surface area contributed by atoms with Gasteiger partial charge in [-0.2, -0.15) is 0 Å². The maximum absolute atomic E-state index is 5.97. The summed E-state index contributed by atoms with van der Waals surface area (Å²) < 4.78 is 5.97. The Bertz CT molecular complexity index is 502. The van der Waals surface area contributed by atoms with Gasteiger partial charge in [0.15, 0.2) is 0 Å². The number of ether oxygens (including phenoxy) is 1. The Morgan fingerprint density at radius 3 is 1.86 bits per heavy atom. The Kier molecular flexibility index (Phi) is 6.87. The summed E-state index contributed by atoms with van der Waals surface area (Å²) >= 11 is 3.46. The highest BCUT2D eigenvalue weighted by Crippen LogP contribution is 2.28. The van der Waals surface area contributed by atoms with Crippen molar-refractivity contribution in [3.8, 4) is 0 Å². The molecule has 0 atom stereocenters. The molecule has 2 aromatic carbocycles. The van der Waals surface area contributed by atoms with Crippen molar-refractivity contribution in [1.82, 2.24) is 0 Å². The minimum absolute atomic E-state index is 0.176. The van der Waals surface area contributed by atoms with Crippen LogP contribution in [0.25, 0.3) is 0 Å². The van der Waals surface area contributed by atoms with E-state index < -0.39 is 8.80 Å². The van der Waals surface area contributed by atoms with Gasteiger partial charge >= 0.3 is 0 Å². The standard InChI is InChI=1S/C19H25BrOSi/c1-19(2,16-21-15-9-14-20)22(17-10-5-3-6-11-17)18-12-7-4-8-13-18/h3-8,10-13,22H,9,14-16H2,1-2H3. The number of hydrogen-bond donors (Lipinski definition) is 0. The van der Waals surface area contributed by atoms with Crippen LogP contribution in [0.3, 0.4) is 0 Å². The lowest BCUT2D eigenvalue weighted by molar-refractivity contribution is 0.115. The van der Waals surface area contributed by atoms with Crippen LogP contribution in [0.5, 0.6) is 0 Å². The van der Waals surface area contributed by atoms with E-state index >= 15 is 0 Å². The third kappa shape index (κ3) is 4.80. The first-order chi connectivity index (χ1) is 10.6. The molecule has 0 fully saturated rings. The first kappa shape index (κ1) is 17.5. The molecule has 0 heterocycles. The van der Waals surface area contributed by atoms with Crippen molar-refractivity contribution in [2.45, 2.75) is 25.3 Å². The smallest absolute Gasteiger partial charge is 0.110 e. The van der Waals surface area contributed by atoms with Gasteiger partial charge in [-0.15, -0.1) is 0 Å². The van der Waals surface area contributed by atoms with E-state index in [1.165, 1.54) is 10.4 Å². The molecule has 0 radical (unpaired) electrons. The summed E-state index contributed by atoms with van der Waals surface area (Å²) in [6, 6.07) is 21.9. The van der Waals surface area contributed by atoms with E-state index in [-0.39, 0.29) is 5.04 Å². The van der Waals surface area contributed by atoms with Gasteiger partial charge in [0.05, 0.1) is 0 Å². The van der Waals surface area contributed by atoms with Crippen LogP contribution in [0.1, 0.15) is 20.3 Å². The third-order valence-electron chi connectivity index (χ3n) is 3.94. The molecular weight excluding hydrogens is 352 g/mol. The fourth-order valence-corrected chi connectivity index (χ4v) is 6.88. The van der Waals surface area contributed by atoms with Crippen molar-refractivity contribution in [2.24, 2.45) is 0 Å². The maximum atomic E-state index is 5.97.